The molecular weight excluding hydrogens is 178 g/mol. The molecule has 0 aromatic heterocycles. The van der Waals surface area contributed by atoms with Gasteiger partial charge in [0.2, 0.25) is 0 Å². The maximum absolute atomic E-state index is 7.45. The van der Waals surface area contributed by atoms with E-state index >= 15 is 0 Å². The Bertz CT molecular complexity index is 311. The zero-order chi connectivity index (χ0) is 9.26. The monoisotopic (exact) mass is 191 g/mol. The summed E-state index contributed by atoms with van der Waals surface area (Å²) in [6.07, 6.45) is 2.74. The Hall–Kier alpha value is -0.760. The molecule has 1 aliphatic carbocycles. The first-order chi connectivity index (χ1) is 6.25. The molecule has 1 aromatic carbocycles. The van der Waals surface area contributed by atoms with Crippen LogP contribution in [0.2, 0.25) is 0 Å². The van der Waals surface area contributed by atoms with Gasteiger partial charge in [0.1, 0.15) is 0 Å². The van der Waals surface area contributed by atoms with Gasteiger partial charge in [0.25, 0.3) is 0 Å². The zero-order valence-corrected chi connectivity index (χ0v) is 8.53. The average molecular weight is 191 g/mol. The Morgan fingerprint density at radius 2 is 1.92 bits per heavy atom. The van der Waals surface area contributed by atoms with Crippen molar-refractivity contribution in [3.8, 4) is 0 Å². The van der Waals surface area contributed by atoms with Crippen molar-refractivity contribution in [1.29, 1.82) is 5.41 Å². The molecule has 13 heavy (non-hydrogen) atoms. The van der Waals surface area contributed by atoms with Gasteiger partial charge in [-0.15, -0.1) is 11.8 Å². The summed E-state index contributed by atoms with van der Waals surface area (Å²) in [5.41, 5.74) is 1.67. The summed E-state index contributed by atoms with van der Waals surface area (Å²) in [6, 6.07) is 8.31. The number of rotatable bonds is 3. The lowest BCUT2D eigenvalue weighted by Gasteiger charge is -2.01. The van der Waals surface area contributed by atoms with Crippen LogP contribution in [0, 0.1) is 5.41 Å². The number of hydrogen-bond donors (Lipinski definition) is 1. The van der Waals surface area contributed by atoms with E-state index in [1.807, 2.05) is 30.8 Å². The zero-order valence-electron chi connectivity index (χ0n) is 7.71. The normalized spacial score (nSPS) is 15.8. The van der Waals surface area contributed by atoms with Crippen LogP contribution in [0.1, 0.15) is 25.3 Å². The first-order valence-corrected chi connectivity index (χ1v) is 5.46. The van der Waals surface area contributed by atoms with E-state index in [1.54, 1.807) is 0 Å². The first kappa shape index (κ1) is 8.82. The summed E-state index contributed by atoms with van der Waals surface area (Å²) in [7, 11) is 0. The molecule has 0 heterocycles. The minimum atomic E-state index is 0.642. The van der Waals surface area contributed by atoms with E-state index in [2.05, 4.69) is 12.1 Å². The molecule has 0 bridgehead atoms. The standard InChI is InChI=1S/C11H13NS/c1-8(12)9-2-4-10(5-3-9)13-11-6-7-11/h2-5,11-12H,6-7H2,1H3. The molecule has 0 spiro atoms. The minimum Gasteiger partial charge on any atom is -0.305 e. The van der Waals surface area contributed by atoms with E-state index in [4.69, 9.17) is 5.41 Å². The predicted molar refractivity (Wildman–Crippen MR) is 57.8 cm³/mol. The van der Waals surface area contributed by atoms with Crippen LogP contribution < -0.4 is 0 Å². The fourth-order valence-electron chi connectivity index (χ4n) is 1.16. The van der Waals surface area contributed by atoms with Gasteiger partial charge in [-0.1, -0.05) is 12.1 Å². The molecule has 0 aliphatic heterocycles. The second-order valence-corrected chi connectivity index (χ2v) is 4.84. The Kier molecular flexibility index (Phi) is 2.40. The Morgan fingerprint density at radius 1 is 1.31 bits per heavy atom. The molecule has 0 radical (unpaired) electrons. The molecule has 1 fully saturated rings. The van der Waals surface area contributed by atoms with E-state index in [1.165, 1.54) is 17.7 Å². The summed E-state index contributed by atoms with van der Waals surface area (Å²) >= 11 is 1.96. The topological polar surface area (TPSA) is 23.9 Å². The molecule has 2 rings (SSSR count). The molecule has 0 amide bonds. The minimum absolute atomic E-state index is 0.642. The number of thioether (sulfide) groups is 1. The fraction of sp³-hybridized carbons (Fsp3) is 0.364. The summed E-state index contributed by atoms with van der Waals surface area (Å²) in [4.78, 5) is 1.34. The molecular formula is C11H13NS. The fourth-order valence-corrected chi connectivity index (χ4v) is 2.21. The first-order valence-electron chi connectivity index (χ1n) is 4.58. The maximum Gasteiger partial charge on any atom is 0.0355 e. The van der Waals surface area contributed by atoms with Crippen molar-refractivity contribution in [2.75, 3.05) is 0 Å². The van der Waals surface area contributed by atoms with Gasteiger partial charge in [0, 0.05) is 15.9 Å². The van der Waals surface area contributed by atoms with Crippen LogP contribution in [0.15, 0.2) is 29.2 Å². The highest BCUT2D eigenvalue weighted by Gasteiger charge is 2.22. The van der Waals surface area contributed by atoms with Crippen molar-refractivity contribution in [2.24, 2.45) is 0 Å². The van der Waals surface area contributed by atoms with Gasteiger partial charge in [-0.3, -0.25) is 0 Å². The van der Waals surface area contributed by atoms with Gasteiger partial charge in [-0.2, -0.15) is 0 Å². The van der Waals surface area contributed by atoms with Crippen molar-refractivity contribution in [2.45, 2.75) is 29.9 Å². The largest absolute Gasteiger partial charge is 0.305 e. The van der Waals surface area contributed by atoms with E-state index in [0.29, 0.717) is 5.71 Å². The summed E-state index contributed by atoms with van der Waals surface area (Å²) in [5.74, 6) is 0. The second kappa shape index (κ2) is 3.54. The lowest BCUT2D eigenvalue weighted by molar-refractivity contribution is 1.39. The molecule has 2 heteroatoms. The van der Waals surface area contributed by atoms with Crippen LogP contribution in [0.4, 0.5) is 0 Å². The summed E-state index contributed by atoms with van der Waals surface area (Å²) in [6.45, 7) is 1.82. The third kappa shape index (κ3) is 2.34. The van der Waals surface area contributed by atoms with Crippen molar-refractivity contribution in [3.05, 3.63) is 29.8 Å². The van der Waals surface area contributed by atoms with Gasteiger partial charge in [0.15, 0.2) is 0 Å². The van der Waals surface area contributed by atoms with E-state index in [0.717, 1.165) is 10.8 Å². The average Bonchev–Trinajstić information content (AvgIpc) is 2.89. The van der Waals surface area contributed by atoms with Gasteiger partial charge in [0.05, 0.1) is 0 Å². The van der Waals surface area contributed by atoms with E-state index < -0.39 is 0 Å². The summed E-state index contributed by atoms with van der Waals surface area (Å²) in [5, 5.41) is 8.32. The van der Waals surface area contributed by atoms with E-state index in [-0.39, 0.29) is 0 Å². The quantitative estimate of drug-likeness (QED) is 0.728. The number of nitrogens with one attached hydrogen (secondary N) is 1. The highest BCUT2D eigenvalue weighted by molar-refractivity contribution is 8.00. The summed E-state index contributed by atoms with van der Waals surface area (Å²) < 4.78 is 0. The highest BCUT2D eigenvalue weighted by atomic mass is 32.2. The molecule has 0 saturated heterocycles. The van der Waals surface area contributed by atoms with Crippen LogP contribution >= 0.6 is 11.8 Å². The lowest BCUT2D eigenvalue weighted by Crippen LogP contribution is -1.90. The maximum atomic E-state index is 7.45. The van der Waals surface area contributed by atoms with Crippen molar-refractivity contribution in [1.82, 2.24) is 0 Å². The molecule has 1 N–H and O–H groups in total. The molecule has 68 valence electrons. The molecule has 0 unspecified atom stereocenters. The number of hydrogen-bond acceptors (Lipinski definition) is 2. The number of benzene rings is 1. The van der Waals surface area contributed by atoms with Crippen LogP contribution in [-0.4, -0.2) is 11.0 Å². The van der Waals surface area contributed by atoms with Crippen LogP contribution in [0.5, 0.6) is 0 Å². The van der Waals surface area contributed by atoms with Crippen LogP contribution in [0.25, 0.3) is 0 Å². The van der Waals surface area contributed by atoms with Crippen molar-refractivity contribution in [3.63, 3.8) is 0 Å². The van der Waals surface area contributed by atoms with Gasteiger partial charge in [-0.25, -0.2) is 0 Å². The van der Waals surface area contributed by atoms with Crippen molar-refractivity contribution < 1.29 is 0 Å². The second-order valence-electron chi connectivity index (χ2n) is 3.47. The lowest BCUT2D eigenvalue weighted by atomic mass is 10.1. The highest BCUT2D eigenvalue weighted by Crippen LogP contribution is 2.38. The van der Waals surface area contributed by atoms with Crippen molar-refractivity contribution >= 4 is 17.5 Å². The molecule has 1 aliphatic rings. The van der Waals surface area contributed by atoms with Gasteiger partial charge < -0.3 is 5.41 Å². The predicted octanol–water partition coefficient (Wildman–Crippen LogP) is 3.33. The van der Waals surface area contributed by atoms with Gasteiger partial charge in [-0.05, 0) is 37.5 Å². The Labute approximate surface area is 83.1 Å². The third-order valence-electron chi connectivity index (χ3n) is 2.11. The third-order valence-corrected chi connectivity index (χ3v) is 3.46. The Balaban J connectivity index is 2.08. The molecule has 1 nitrogen and oxygen atoms in total. The Morgan fingerprint density at radius 3 is 2.38 bits per heavy atom. The molecule has 1 saturated carbocycles. The van der Waals surface area contributed by atoms with Crippen LogP contribution in [-0.2, 0) is 0 Å². The molecule has 0 atom stereocenters. The van der Waals surface area contributed by atoms with E-state index in [9.17, 15) is 0 Å². The SMILES string of the molecule is CC(=N)c1ccc(SC2CC2)cc1. The van der Waals surface area contributed by atoms with Crippen LogP contribution in [0.3, 0.4) is 0 Å². The smallest absolute Gasteiger partial charge is 0.0355 e. The van der Waals surface area contributed by atoms with Gasteiger partial charge >= 0.3 is 0 Å². The molecule has 1 aromatic rings.